The van der Waals surface area contributed by atoms with E-state index in [1.807, 2.05) is 0 Å². The first-order chi connectivity index (χ1) is 15.2. The van der Waals surface area contributed by atoms with Crippen molar-refractivity contribution in [2.75, 3.05) is 19.3 Å². The van der Waals surface area contributed by atoms with Gasteiger partial charge in [0.15, 0.2) is 0 Å². The summed E-state index contributed by atoms with van der Waals surface area (Å²) in [6.45, 7) is 3.15. The minimum absolute atomic E-state index is 0.0355. The first-order valence-corrected chi connectivity index (χ1v) is 11.2. The summed E-state index contributed by atoms with van der Waals surface area (Å²) in [5.74, 6) is -3.25. The molecular weight excluding hydrogens is 443 g/mol. The first kappa shape index (κ1) is 24.0. The van der Waals surface area contributed by atoms with Gasteiger partial charge in [0.25, 0.3) is 0 Å². The number of carbonyl (C=O) groups is 4. The van der Waals surface area contributed by atoms with E-state index in [1.165, 1.54) is 31.7 Å². The molecule has 2 saturated carbocycles. The Balaban J connectivity index is 1.63. The highest BCUT2D eigenvalue weighted by Crippen LogP contribution is 2.64. The van der Waals surface area contributed by atoms with Crippen LogP contribution in [-0.2, 0) is 38.1 Å². The predicted molar refractivity (Wildman–Crippen MR) is 109 cm³/mol. The molecule has 0 heterocycles. The van der Waals surface area contributed by atoms with Crippen LogP contribution in [0.3, 0.4) is 0 Å². The van der Waals surface area contributed by atoms with Crippen molar-refractivity contribution in [1.82, 2.24) is 0 Å². The summed E-state index contributed by atoms with van der Waals surface area (Å²) < 4.78 is 33.0. The molecule has 0 amide bonds. The van der Waals surface area contributed by atoms with E-state index in [2.05, 4.69) is 4.74 Å². The lowest BCUT2D eigenvalue weighted by Gasteiger charge is -2.22. The number of rotatable bonds is 9. The van der Waals surface area contributed by atoms with E-state index in [0.29, 0.717) is 17.7 Å². The van der Waals surface area contributed by atoms with Crippen LogP contribution in [0.4, 0.5) is 4.39 Å². The van der Waals surface area contributed by atoms with E-state index in [-0.39, 0.29) is 23.6 Å². The summed E-state index contributed by atoms with van der Waals surface area (Å²) in [4.78, 5) is 47.8. The van der Waals surface area contributed by atoms with Gasteiger partial charge in [-0.15, -0.1) is 11.8 Å². The van der Waals surface area contributed by atoms with Crippen LogP contribution in [0.15, 0.2) is 23.1 Å². The summed E-state index contributed by atoms with van der Waals surface area (Å²) in [5, 5.41) is 0. The Morgan fingerprint density at radius 3 is 2.12 bits per heavy atom. The molecule has 8 nitrogen and oxygen atoms in total. The van der Waals surface area contributed by atoms with E-state index >= 15 is 0 Å². The van der Waals surface area contributed by atoms with E-state index in [9.17, 15) is 23.6 Å². The summed E-state index contributed by atoms with van der Waals surface area (Å²) in [6.07, 6.45) is 0.624. The average Bonchev–Trinajstić information content (AvgIpc) is 3.28. The van der Waals surface area contributed by atoms with Crippen molar-refractivity contribution in [1.29, 1.82) is 0 Å². The van der Waals surface area contributed by atoms with Crippen molar-refractivity contribution in [3.8, 4) is 0 Å². The van der Waals surface area contributed by atoms with Gasteiger partial charge in [0.1, 0.15) is 5.82 Å². The number of hydrogen-bond acceptors (Lipinski definition) is 9. The number of fused-ring (bicyclic) bond motifs is 1. The third-order valence-corrected chi connectivity index (χ3v) is 6.97. The lowest BCUT2D eigenvalue weighted by atomic mass is 9.90. The molecule has 0 spiro atoms. The minimum atomic E-state index is -0.570. The van der Waals surface area contributed by atoms with Gasteiger partial charge in [0, 0.05) is 24.5 Å². The molecule has 1 aromatic rings. The fraction of sp³-hybridized carbons (Fsp3) is 0.545. The average molecular weight is 468 g/mol. The maximum absolute atomic E-state index is 13.5. The second kappa shape index (κ2) is 10.3. The molecule has 0 aromatic heterocycles. The van der Waals surface area contributed by atoms with Gasteiger partial charge in [-0.25, -0.2) is 4.39 Å². The molecule has 0 saturated heterocycles. The lowest BCUT2D eigenvalue weighted by molar-refractivity contribution is -0.170. The zero-order valence-corrected chi connectivity index (χ0v) is 18.8. The van der Waals surface area contributed by atoms with Crippen LogP contribution < -0.4 is 0 Å². The molecule has 2 aliphatic carbocycles. The van der Waals surface area contributed by atoms with Crippen LogP contribution >= 0.6 is 11.8 Å². The predicted octanol–water partition coefficient (Wildman–Crippen LogP) is 2.85. The van der Waals surface area contributed by atoms with Crippen molar-refractivity contribution >= 4 is 35.6 Å². The lowest BCUT2D eigenvalue weighted by Crippen LogP contribution is -2.30. The molecular formula is C22H25FO8S. The van der Waals surface area contributed by atoms with Crippen molar-refractivity contribution in [3.63, 3.8) is 0 Å². The van der Waals surface area contributed by atoms with Crippen LogP contribution in [0.5, 0.6) is 0 Å². The standard InChI is InChI=1S/C22H25FO8S/c1-11-6-15(4-5-17(11)23)32-8-14-7-16-19(18(14)21(26)30-9-28-12(2)24)20(16)22(27)31-10-29-13(3)25/h4-6,14,16,18-20H,7-10H2,1-3H3/t14-,16+,18+,19+,20-/m0/s1. The molecule has 2 fully saturated rings. The SMILES string of the molecule is CC(=O)OCOC(=O)[C@@H]1[C@H](CSc2ccc(F)c(C)c2)C[C@H]2[C@H](C(=O)OCOC(C)=O)[C@H]21. The molecule has 0 bridgehead atoms. The molecule has 174 valence electrons. The molecule has 0 radical (unpaired) electrons. The third kappa shape index (κ3) is 5.79. The number of esters is 4. The molecule has 10 heteroatoms. The highest BCUT2D eigenvalue weighted by atomic mass is 32.2. The molecule has 32 heavy (non-hydrogen) atoms. The maximum atomic E-state index is 13.5. The number of halogens is 1. The Morgan fingerprint density at radius 1 is 0.969 bits per heavy atom. The van der Waals surface area contributed by atoms with Crippen LogP contribution in [0, 0.1) is 42.3 Å². The number of benzene rings is 1. The van der Waals surface area contributed by atoms with E-state index < -0.39 is 49.3 Å². The van der Waals surface area contributed by atoms with Gasteiger partial charge >= 0.3 is 23.9 Å². The Labute approximate surface area is 189 Å². The molecule has 0 unspecified atom stereocenters. The summed E-state index contributed by atoms with van der Waals surface area (Å²) in [7, 11) is 0. The topological polar surface area (TPSA) is 105 Å². The molecule has 2 aliphatic rings. The molecule has 0 N–H and O–H groups in total. The zero-order chi connectivity index (χ0) is 23.4. The third-order valence-electron chi connectivity index (χ3n) is 5.79. The fourth-order valence-corrected chi connectivity index (χ4v) is 5.48. The second-order valence-electron chi connectivity index (χ2n) is 7.94. The van der Waals surface area contributed by atoms with Crippen LogP contribution in [-0.4, -0.2) is 43.2 Å². The van der Waals surface area contributed by atoms with Gasteiger partial charge in [-0.3, -0.25) is 19.2 Å². The minimum Gasteiger partial charge on any atom is -0.428 e. The molecule has 5 atom stereocenters. The second-order valence-corrected chi connectivity index (χ2v) is 9.04. The van der Waals surface area contributed by atoms with Crippen molar-refractivity contribution in [2.45, 2.75) is 32.1 Å². The normalized spacial score (nSPS) is 25.4. The zero-order valence-electron chi connectivity index (χ0n) is 18.0. The number of aryl methyl sites for hydroxylation is 1. The van der Waals surface area contributed by atoms with Crippen LogP contribution in [0.2, 0.25) is 0 Å². The van der Waals surface area contributed by atoms with Gasteiger partial charge in [0.05, 0.1) is 11.8 Å². The fourth-order valence-electron chi connectivity index (χ4n) is 4.30. The quantitative estimate of drug-likeness (QED) is 0.307. The van der Waals surface area contributed by atoms with E-state index in [1.54, 1.807) is 19.1 Å². The molecule has 0 aliphatic heterocycles. The molecule has 3 rings (SSSR count). The number of ether oxygens (including phenoxy) is 4. The highest BCUT2D eigenvalue weighted by Gasteiger charge is 2.67. The monoisotopic (exact) mass is 468 g/mol. The Kier molecular flexibility index (Phi) is 7.76. The van der Waals surface area contributed by atoms with Gasteiger partial charge in [-0.1, -0.05) is 0 Å². The number of hydrogen-bond donors (Lipinski definition) is 0. The smallest absolute Gasteiger partial charge is 0.312 e. The van der Waals surface area contributed by atoms with E-state index in [0.717, 1.165) is 4.90 Å². The van der Waals surface area contributed by atoms with Crippen molar-refractivity contribution in [2.24, 2.45) is 29.6 Å². The highest BCUT2D eigenvalue weighted by molar-refractivity contribution is 7.99. The largest absolute Gasteiger partial charge is 0.428 e. The van der Waals surface area contributed by atoms with Crippen LogP contribution in [0.1, 0.15) is 25.8 Å². The van der Waals surface area contributed by atoms with Gasteiger partial charge in [0.2, 0.25) is 13.6 Å². The summed E-state index contributed by atoms with van der Waals surface area (Å²) in [6, 6.07) is 4.84. The summed E-state index contributed by atoms with van der Waals surface area (Å²) in [5.41, 5.74) is 0.539. The Hall–Kier alpha value is -2.62. The first-order valence-electron chi connectivity index (χ1n) is 10.2. The van der Waals surface area contributed by atoms with Gasteiger partial charge < -0.3 is 18.9 Å². The van der Waals surface area contributed by atoms with Gasteiger partial charge in [-0.2, -0.15) is 0 Å². The summed E-state index contributed by atoms with van der Waals surface area (Å²) >= 11 is 1.51. The molecule has 1 aromatic carbocycles. The van der Waals surface area contributed by atoms with Crippen molar-refractivity contribution in [3.05, 3.63) is 29.6 Å². The van der Waals surface area contributed by atoms with E-state index in [4.69, 9.17) is 14.2 Å². The van der Waals surface area contributed by atoms with Crippen molar-refractivity contribution < 1.29 is 42.5 Å². The number of thioether (sulfide) groups is 1. The van der Waals surface area contributed by atoms with Crippen LogP contribution in [0.25, 0.3) is 0 Å². The number of carbonyl (C=O) groups excluding carboxylic acids is 4. The maximum Gasteiger partial charge on any atom is 0.312 e. The van der Waals surface area contributed by atoms with Gasteiger partial charge in [-0.05, 0) is 54.9 Å². The Morgan fingerprint density at radius 2 is 1.56 bits per heavy atom. The Bertz CT molecular complexity index is 904.